The predicted octanol–water partition coefficient (Wildman–Crippen LogP) is 2.86. The van der Waals surface area contributed by atoms with Crippen molar-refractivity contribution in [3.63, 3.8) is 0 Å². The van der Waals surface area contributed by atoms with Gasteiger partial charge in [0.15, 0.2) is 0 Å². The van der Waals surface area contributed by atoms with Gasteiger partial charge in [-0.05, 0) is 36.5 Å². The number of hydrogen-bond donors (Lipinski definition) is 2. The van der Waals surface area contributed by atoms with Gasteiger partial charge in [-0.15, -0.1) is 12.4 Å². The van der Waals surface area contributed by atoms with Gasteiger partial charge in [0.2, 0.25) is 0 Å². The van der Waals surface area contributed by atoms with E-state index < -0.39 is 0 Å². The highest BCUT2D eigenvalue weighted by Crippen LogP contribution is 2.19. The van der Waals surface area contributed by atoms with E-state index in [0.717, 1.165) is 26.1 Å². The molecule has 2 N–H and O–H groups in total. The van der Waals surface area contributed by atoms with Gasteiger partial charge in [-0.25, -0.2) is 0 Å². The first kappa shape index (κ1) is 18.4. The minimum atomic E-state index is -0.191. The molecule has 0 spiro atoms. The van der Waals surface area contributed by atoms with E-state index in [1.54, 1.807) is 23.6 Å². The Morgan fingerprint density at radius 3 is 2.75 bits per heavy atom. The summed E-state index contributed by atoms with van der Waals surface area (Å²) in [6, 6.07) is 8.95. The molecule has 1 fully saturated rings. The Bertz CT molecular complexity index is 683. The van der Waals surface area contributed by atoms with E-state index in [9.17, 15) is 9.59 Å². The highest BCUT2D eigenvalue weighted by atomic mass is 35.5. The Morgan fingerprint density at radius 2 is 1.96 bits per heavy atom. The van der Waals surface area contributed by atoms with E-state index >= 15 is 0 Å². The molecule has 0 unspecified atom stereocenters. The van der Waals surface area contributed by atoms with Gasteiger partial charge in [0.25, 0.3) is 11.8 Å². The van der Waals surface area contributed by atoms with Crippen LogP contribution in [-0.4, -0.2) is 42.9 Å². The van der Waals surface area contributed by atoms with Crippen LogP contribution in [0.3, 0.4) is 0 Å². The standard InChI is InChI=1S/C17H19N3O2S.ClH/c21-16(13-6-11-23-12-13)19-15-5-2-1-4-14(15)17(22)20-9-3-7-18-8-10-20;/h1-2,4-6,11-12,18H,3,7-10H2,(H,19,21);1H. The monoisotopic (exact) mass is 365 g/mol. The molecule has 0 saturated carbocycles. The maximum Gasteiger partial charge on any atom is 0.256 e. The molecule has 2 aromatic rings. The summed E-state index contributed by atoms with van der Waals surface area (Å²) in [4.78, 5) is 26.9. The third-order valence-corrected chi connectivity index (χ3v) is 4.50. The molecule has 1 aliphatic rings. The van der Waals surface area contributed by atoms with Crippen LogP contribution >= 0.6 is 23.7 Å². The Hall–Kier alpha value is -1.89. The molecule has 1 saturated heterocycles. The van der Waals surface area contributed by atoms with E-state index in [1.807, 2.05) is 22.4 Å². The fraction of sp³-hybridized carbons (Fsp3) is 0.294. The van der Waals surface area contributed by atoms with Gasteiger partial charge >= 0.3 is 0 Å². The van der Waals surface area contributed by atoms with Crippen molar-refractivity contribution >= 4 is 41.2 Å². The summed E-state index contributed by atoms with van der Waals surface area (Å²) in [6.45, 7) is 3.15. The molecule has 0 radical (unpaired) electrons. The molecular formula is C17H20ClN3O2S. The third-order valence-electron chi connectivity index (χ3n) is 3.82. The van der Waals surface area contributed by atoms with Crippen molar-refractivity contribution in [1.82, 2.24) is 10.2 Å². The van der Waals surface area contributed by atoms with Crippen molar-refractivity contribution in [3.8, 4) is 0 Å². The maximum atomic E-state index is 12.8. The van der Waals surface area contributed by atoms with Crippen LogP contribution in [0.4, 0.5) is 5.69 Å². The van der Waals surface area contributed by atoms with Gasteiger partial charge in [0, 0.05) is 25.0 Å². The quantitative estimate of drug-likeness (QED) is 0.879. The molecule has 24 heavy (non-hydrogen) atoms. The van der Waals surface area contributed by atoms with Crippen LogP contribution in [0.1, 0.15) is 27.1 Å². The van der Waals surface area contributed by atoms with Crippen LogP contribution in [0.2, 0.25) is 0 Å². The van der Waals surface area contributed by atoms with Crippen molar-refractivity contribution in [2.24, 2.45) is 0 Å². The van der Waals surface area contributed by atoms with Crippen LogP contribution < -0.4 is 10.6 Å². The van der Waals surface area contributed by atoms with Crippen LogP contribution in [0.15, 0.2) is 41.1 Å². The minimum Gasteiger partial charge on any atom is -0.337 e. The van der Waals surface area contributed by atoms with Crippen LogP contribution in [-0.2, 0) is 0 Å². The zero-order valence-electron chi connectivity index (χ0n) is 13.2. The number of hydrogen-bond acceptors (Lipinski definition) is 4. The highest BCUT2D eigenvalue weighted by Gasteiger charge is 2.20. The van der Waals surface area contributed by atoms with Gasteiger partial charge in [0.05, 0.1) is 16.8 Å². The predicted molar refractivity (Wildman–Crippen MR) is 99.4 cm³/mol. The van der Waals surface area contributed by atoms with Gasteiger partial charge in [0.1, 0.15) is 0 Å². The minimum absolute atomic E-state index is 0. The van der Waals surface area contributed by atoms with E-state index in [-0.39, 0.29) is 24.2 Å². The largest absolute Gasteiger partial charge is 0.337 e. The summed E-state index contributed by atoms with van der Waals surface area (Å²) in [5.41, 5.74) is 1.71. The number of carbonyl (C=O) groups is 2. The summed E-state index contributed by atoms with van der Waals surface area (Å²) in [5, 5.41) is 9.79. The zero-order valence-corrected chi connectivity index (χ0v) is 14.8. The number of nitrogens with zero attached hydrogens (tertiary/aromatic N) is 1. The van der Waals surface area contributed by atoms with E-state index in [4.69, 9.17) is 0 Å². The van der Waals surface area contributed by atoms with Crippen LogP contribution in [0, 0.1) is 0 Å². The Balaban J connectivity index is 0.00000208. The summed E-state index contributed by atoms with van der Waals surface area (Å²) in [6.07, 6.45) is 0.940. The molecule has 0 bridgehead atoms. The van der Waals surface area contributed by atoms with Crippen LogP contribution in [0.25, 0.3) is 0 Å². The van der Waals surface area contributed by atoms with Crippen molar-refractivity contribution in [1.29, 1.82) is 0 Å². The number of benzene rings is 1. The maximum absolute atomic E-state index is 12.8. The molecule has 0 aliphatic carbocycles. The second-order valence-corrected chi connectivity index (χ2v) is 6.19. The number of carbonyl (C=O) groups excluding carboxylic acids is 2. The fourth-order valence-electron chi connectivity index (χ4n) is 2.59. The molecule has 2 amide bonds. The number of para-hydroxylation sites is 1. The first-order chi connectivity index (χ1) is 11.3. The molecule has 1 aromatic carbocycles. The topological polar surface area (TPSA) is 61.4 Å². The molecule has 5 nitrogen and oxygen atoms in total. The summed E-state index contributed by atoms with van der Waals surface area (Å²) in [7, 11) is 0. The zero-order chi connectivity index (χ0) is 16.1. The summed E-state index contributed by atoms with van der Waals surface area (Å²) >= 11 is 1.47. The fourth-order valence-corrected chi connectivity index (χ4v) is 3.22. The van der Waals surface area contributed by atoms with Crippen molar-refractivity contribution < 1.29 is 9.59 Å². The number of nitrogens with one attached hydrogen (secondary N) is 2. The molecule has 2 heterocycles. The Labute approximate surface area is 151 Å². The first-order valence-corrected chi connectivity index (χ1v) is 8.62. The number of halogens is 1. The highest BCUT2D eigenvalue weighted by molar-refractivity contribution is 7.08. The second-order valence-electron chi connectivity index (χ2n) is 5.41. The lowest BCUT2D eigenvalue weighted by Crippen LogP contribution is -2.34. The molecule has 3 rings (SSSR count). The lowest BCUT2D eigenvalue weighted by molar-refractivity contribution is 0.0767. The number of thiophene rings is 1. The Morgan fingerprint density at radius 1 is 1.12 bits per heavy atom. The number of amides is 2. The van der Waals surface area contributed by atoms with E-state index in [0.29, 0.717) is 23.4 Å². The number of rotatable bonds is 3. The molecular weight excluding hydrogens is 346 g/mol. The molecule has 0 atom stereocenters. The molecule has 128 valence electrons. The lowest BCUT2D eigenvalue weighted by Gasteiger charge is -2.21. The smallest absolute Gasteiger partial charge is 0.256 e. The lowest BCUT2D eigenvalue weighted by atomic mass is 10.1. The van der Waals surface area contributed by atoms with E-state index in [1.165, 1.54) is 11.3 Å². The SMILES string of the molecule is Cl.O=C(Nc1ccccc1C(=O)N1CCCNCC1)c1ccsc1. The average Bonchev–Trinajstić information content (AvgIpc) is 2.98. The second kappa shape index (κ2) is 8.82. The van der Waals surface area contributed by atoms with Gasteiger partial charge in [-0.1, -0.05) is 12.1 Å². The Kier molecular flexibility index (Phi) is 6.78. The summed E-state index contributed by atoms with van der Waals surface area (Å²) < 4.78 is 0. The van der Waals surface area contributed by atoms with Crippen molar-refractivity contribution in [2.45, 2.75) is 6.42 Å². The molecule has 7 heteroatoms. The first-order valence-electron chi connectivity index (χ1n) is 7.68. The van der Waals surface area contributed by atoms with E-state index in [2.05, 4.69) is 10.6 Å². The van der Waals surface area contributed by atoms with Crippen molar-refractivity contribution in [3.05, 3.63) is 52.2 Å². The van der Waals surface area contributed by atoms with Crippen LogP contribution in [0.5, 0.6) is 0 Å². The van der Waals surface area contributed by atoms with Crippen molar-refractivity contribution in [2.75, 3.05) is 31.5 Å². The average molecular weight is 366 g/mol. The molecule has 1 aliphatic heterocycles. The summed E-state index contributed by atoms with van der Waals surface area (Å²) in [5.74, 6) is -0.223. The third kappa shape index (κ3) is 4.35. The number of anilines is 1. The molecule has 1 aromatic heterocycles. The van der Waals surface area contributed by atoms with Gasteiger partial charge < -0.3 is 15.5 Å². The van der Waals surface area contributed by atoms with Gasteiger partial charge in [-0.3, -0.25) is 9.59 Å². The van der Waals surface area contributed by atoms with Gasteiger partial charge in [-0.2, -0.15) is 11.3 Å². The normalized spacial score (nSPS) is 14.4.